The Kier molecular flexibility index (Phi) is 5.26. The average Bonchev–Trinajstić information content (AvgIpc) is 3.25. The summed E-state index contributed by atoms with van der Waals surface area (Å²) in [5.74, 6) is 0.159. The third-order valence-electron chi connectivity index (χ3n) is 4.04. The lowest BCUT2D eigenvalue weighted by atomic mass is 10.1. The van der Waals surface area contributed by atoms with Crippen LogP contribution in [0.2, 0.25) is 5.02 Å². The van der Waals surface area contributed by atoms with Crippen molar-refractivity contribution < 1.29 is 14.3 Å². The Balaban J connectivity index is 0.00000192. The van der Waals surface area contributed by atoms with Gasteiger partial charge in [0.15, 0.2) is 0 Å². The highest BCUT2D eigenvalue weighted by atomic mass is 35.5. The van der Waals surface area contributed by atoms with Gasteiger partial charge in [-0.3, -0.25) is 9.59 Å². The van der Waals surface area contributed by atoms with E-state index in [-0.39, 0.29) is 30.3 Å². The monoisotopic (exact) mass is 359 g/mol. The van der Waals surface area contributed by atoms with Crippen molar-refractivity contribution in [2.75, 3.05) is 19.4 Å². The topological polar surface area (TPSA) is 84.7 Å². The van der Waals surface area contributed by atoms with E-state index < -0.39 is 0 Å². The van der Waals surface area contributed by atoms with Gasteiger partial charge in [0, 0.05) is 25.1 Å². The van der Waals surface area contributed by atoms with Gasteiger partial charge in [-0.25, -0.2) is 0 Å². The molecule has 1 saturated carbocycles. The summed E-state index contributed by atoms with van der Waals surface area (Å²) >= 11 is 5.98. The lowest BCUT2D eigenvalue weighted by Crippen LogP contribution is -2.37. The first-order valence-corrected chi connectivity index (χ1v) is 7.60. The predicted molar refractivity (Wildman–Crippen MR) is 90.3 cm³/mol. The summed E-state index contributed by atoms with van der Waals surface area (Å²) in [7, 11) is 1.47. The molecule has 1 heterocycles. The number of rotatable bonds is 4. The van der Waals surface area contributed by atoms with Crippen molar-refractivity contribution >= 4 is 41.5 Å². The molecular formula is C15H19Cl2N3O3. The molecule has 1 aromatic carbocycles. The van der Waals surface area contributed by atoms with E-state index in [1.807, 2.05) is 4.90 Å². The molecule has 2 amide bonds. The summed E-state index contributed by atoms with van der Waals surface area (Å²) in [5.41, 5.74) is 6.38. The highest BCUT2D eigenvalue weighted by Crippen LogP contribution is 2.31. The van der Waals surface area contributed by atoms with Gasteiger partial charge in [-0.15, -0.1) is 12.4 Å². The van der Waals surface area contributed by atoms with Crippen LogP contribution in [0, 0.1) is 0 Å². The number of carbonyl (C=O) groups is 2. The summed E-state index contributed by atoms with van der Waals surface area (Å²) in [6.07, 6.45) is 2.47. The van der Waals surface area contributed by atoms with Crippen LogP contribution in [-0.4, -0.2) is 42.5 Å². The molecule has 1 aliphatic carbocycles. The van der Waals surface area contributed by atoms with Crippen LogP contribution in [0.5, 0.6) is 5.75 Å². The Morgan fingerprint density at radius 2 is 2.13 bits per heavy atom. The van der Waals surface area contributed by atoms with Gasteiger partial charge in [0.1, 0.15) is 5.75 Å². The number of ether oxygens (including phenoxy) is 1. The van der Waals surface area contributed by atoms with E-state index in [1.165, 1.54) is 19.2 Å². The van der Waals surface area contributed by atoms with Gasteiger partial charge in [-0.05, 0) is 18.9 Å². The first-order valence-electron chi connectivity index (χ1n) is 7.23. The molecule has 6 nitrogen and oxygen atoms in total. The van der Waals surface area contributed by atoms with E-state index in [1.54, 1.807) is 0 Å². The van der Waals surface area contributed by atoms with Crippen LogP contribution >= 0.6 is 24.0 Å². The lowest BCUT2D eigenvalue weighted by molar-refractivity contribution is -0.128. The highest BCUT2D eigenvalue weighted by Gasteiger charge is 2.39. The maximum atomic E-state index is 12.4. The quantitative estimate of drug-likeness (QED) is 0.803. The second-order valence-corrected chi connectivity index (χ2v) is 6.13. The summed E-state index contributed by atoms with van der Waals surface area (Å²) in [5, 5.41) is 3.18. The SMILES string of the molecule is COc1cc(N)c(Cl)cc1C(=O)NC1CC(=O)N(C2CC2)C1.Cl. The van der Waals surface area contributed by atoms with Gasteiger partial charge in [0.05, 0.1) is 29.4 Å². The van der Waals surface area contributed by atoms with Gasteiger partial charge >= 0.3 is 0 Å². The molecule has 0 spiro atoms. The van der Waals surface area contributed by atoms with E-state index in [9.17, 15) is 9.59 Å². The van der Waals surface area contributed by atoms with Crippen molar-refractivity contribution in [3.63, 3.8) is 0 Å². The molecule has 23 heavy (non-hydrogen) atoms. The maximum Gasteiger partial charge on any atom is 0.255 e. The van der Waals surface area contributed by atoms with Crippen molar-refractivity contribution in [1.29, 1.82) is 0 Å². The molecule has 1 atom stereocenters. The van der Waals surface area contributed by atoms with Crippen LogP contribution in [0.4, 0.5) is 5.69 Å². The number of hydrogen-bond donors (Lipinski definition) is 2. The van der Waals surface area contributed by atoms with Crippen LogP contribution in [0.15, 0.2) is 12.1 Å². The van der Waals surface area contributed by atoms with E-state index in [0.29, 0.717) is 41.0 Å². The molecule has 1 unspecified atom stereocenters. The van der Waals surface area contributed by atoms with Crippen LogP contribution < -0.4 is 15.8 Å². The first kappa shape index (κ1) is 17.7. The summed E-state index contributed by atoms with van der Waals surface area (Å²) in [4.78, 5) is 26.2. The van der Waals surface area contributed by atoms with Gasteiger partial charge in [-0.1, -0.05) is 11.6 Å². The number of amides is 2. The van der Waals surface area contributed by atoms with Gasteiger partial charge < -0.3 is 20.7 Å². The molecule has 8 heteroatoms. The van der Waals surface area contributed by atoms with Crippen molar-refractivity contribution in [2.24, 2.45) is 0 Å². The van der Waals surface area contributed by atoms with E-state index in [4.69, 9.17) is 22.1 Å². The molecule has 0 aromatic heterocycles. The molecule has 1 saturated heterocycles. The molecule has 0 radical (unpaired) electrons. The number of likely N-dealkylation sites (tertiary alicyclic amines) is 1. The fourth-order valence-corrected chi connectivity index (χ4v) is 2.91. The number of nitrogens with one attached hydrogen (secondary N) is 1. The minimum atomic E-state index is -0.311. The van der Waals surface area contributed by atoms with Crippen molar-refractivity contribution in [1.82, 2.24) is 10.2 Å². The fourth-order valence-electron chi connectivity index (χ4n) is 2.75. The van der Waals surface area contributed by atoms with Gasteiger partial charge in [0.25, 0.3) is 5.91 Å². The number of nitrogen functional groups attached to an aromatic ring is 1. The van der Waals surface area contributed by atoms with Crippen molar-refractivity contribution in [2.45, 2.75) is 31.3 Å². The maximum absolute atomic E-state index is 12.4. The molecule has 3 rings (SSSR count). The minimum Gasteiger partial charge on any atom is -0.496 e. The number of nitrogens with zero attached hydrogens (tertiary/aromatic N) is 1. The zero-order chi connectivity index (χ0) is 15.9. The number of nitrogens with two attached hydrogens (primary N) is 1. The Morgan fingerprint density at radius 3 is 2.74 bits per heavy atom. The Hall–Kier alpha value is -1.66. The highest BCUT2D eigenvalue weighted by molar-refractivity contribution is 6.33. The normalized spacial score (nSPS) is 20.2. The fraction of sp³-hybridized carbons (Fsp3) is 0.467. The summed E-state index contributed by atoms with van der Waals surface area (Å²) in [6.45, 7) is 0.570. The van der Waals surface area contributed by atoms with Gasteiger partial charge in [0.2, 0.25) is 5.91 Å². The third-order valence-corrected chi connectivity index (χ3v) is 4.37. The zero-order valence-electron chi connectivity index (χ0n) is 12.7. The molecule has 126 valence electrons. The molecule has 0 bridgehead atoms. The Labute approximate surface area is 145 Å². The van der Waals surface area contributed by atoms with E-state index in [0.717, 1.165) is 12.8 Å². The number of benzene rings is 1. The number of carbonyl (C=O) groups excluding carboxylic acids is 2. The minimum absolute atomic E-state index is 0. The summed E-state index contributed by atoms with van der Waals surface area (Å²) in [6, 6.07) is 3.20. The first-order chi connectivity index (χ1) is 10.5. The van der Waals surface area contributed by atoms with Crippen LogP contribution in [0.1, 0.15) is 29.6 Å². The van der Waals surface area contributed by atoms with E-state index in [2.05, 4.69) is 5.32 Å². The van der Waals surface area contributed by atoms with Gasteiger partial charge in [-0.2, -0.15) is 0 Å². The number of hydrogen-bond acceptors (Lipinski definition) is 4. The van der Waals surface area contributed by atoms with E-state index >= 15 is 0 Å². The van der Waals surface area contributed by atoms with Crippen LogP contribution in [0.3, 0.4) is 0 Å². The molecule has 1 aliphatic heterocycles. The Morgan fingerprint density at radius 1 is 1.43 bits per heavy atom. The summed E-state index contributed by atoms with van der Waals surface area (Å²) < 4.78 is 5.18. The lowest BCUT2D eigenvalue weighted by Gasteiger charge is -2.17. The molecule has 2 fully saturated rings. The number of halogens is 2. The second-order valence-electron chi connectivity index (χ2n) is 5.73. The number of anilines is 1. The van der Waals surface area contributed by atoms with Crippen molar-refractivity contribution in [3.05, 3.63) is 22.7 Å². The van der Waals surface area contributed by atoms with Crippen molar-refractivity contribution in [3.8, 4) is 5.75 Å². The Bertz CT molecular complexity index is 635. The molecule has 3 N–H and O–H groups in total. The predicted octanol–water partition coefficient (Wildman–Crippen LogP) is 1.85. The standard InChI is InChI=1S/C15H18ClN3O3.ClH/c1-22-13-6-12(17)11(16)5-10(13)15(21)18-8-4-14(20)19(7-8)9-2-3-9;/h5-6,8-9H,2-4,7,17H2,1H3,(H,18,21);1H. The number of methoxy groups -OCH3 is 1. The second kappa shape index (κ2) is 6.84. The molecule has 1 aromatic rings. The smallest absolute Gasteiger partial charge is 0.255 e. The van der Waals surface area contributed by atoms with Crippen LogP contribution in [0.25, 0.3) is 0 Å². The molecular weight excluding hydrogens is 341 g/mol. The molecule has 2 aliphatic rings. The van der Waals surface area contributed by atoms with Crippen LogP contribution in [-0.2, 0) is 4.79 Å². The largest absolute Gasteiger partial charge is 0.496 e. The average molecular weight is 360 g/mol. The third kappa shape index (κ3) is 3.64. The zero-order valence-corrected chi connectivity index (χ0v) is 14.2.